The molecule has 2 heterocycles. The molecule has 7 heteroatoms. The Morgan fingerprint density at radius 1 is 1.41 bits per heavy atom. The molecule has 0 atom stereocenters. The van der Waals surface area contributed by atoms with Crippen molar-refractivity contribution in [1.82, 2.24) is 15.0 Å². The van der Waals surface area contributed by atoms with Gasteiger partial charge in [0, 0.05) is 18.9 Å². The maximum atomic E-state index is 10.8. The molecule has 1 N–H and O–H groups in total. The number of rotatable bonds is 2. The van der Waals surface area contributed by atoms with Gasteiger partial charge in [0.2, 0.25) is 0 Å². The lowest BCUT2D eigenvalue weighted by Gasteiger charge is -2.33. The highest BCUT2D eigenvalue weighted by atomic mass is 35.5. The molecule has 1 aromatic rings. The van der Waals surface area contributed by atoms with E-state index in [4.69, 9.17) is 23.2 Å². The van der Waals surface area contributed by atoms with Crippen molar-refractivity contribution in [2.24, 2.45) is 0 Å². The van der Waals surface area contributed by atoms with Crippen LogP contribution in [0.15, 0.2) is 12.3 Å². The van der Waals surface area contributed by atoms with Crippen LogP contribution < -0.4 is 15.1 Å². The Hall–Kier alpha value is -1.04. The first-order valence-corrected chi connectivity index (χ1v) is 5.97. The van der Waals surface area contributed by atoms with Crippen LogP contribution in [0.25, 0.3) is 0 Å². The van der Waals surface area contributed by atoms with Gasteiger partial charge in [-0.05, 0) is 0 Å². The van der Waals surface area contributed by atoms with E-state index in [-0.39, 0.29) is 9.75 Å². The van der Waals surface area contributed by atoms with Crippen molar-refractivity contribution in [3.05, 3.63) is 22.4 Å². The van der Waals surface area contributed by atoms with Crippen molar-refractivity contribution >= 4 is 35.0 Å². The SMILES string of the molecule is O=C([O-])N[N+]1(c2cnc(Cl)c(Cl)c2)CCCC1. The smallest absolute Gasteiger partial charge is 0.185 e. The molecule has 1 aliphatic heterocycles. The zero-order valence-corrected chi connectivity index (χ0v) is 10.5. The zero-order chi connectivity index (χ0) is 12.5. The fraction of sp³-hybridized carbons (Fsp3) is 0.400. The molecule has 0 unspecified atom stereocenters. The molecule has 1 saturated heterocycles. The van der Waals surface area contributed by atoms with Gasteiger partial charge in [-0.15, -0.1) is 0 Å². The highest BCUT2D eigenvalue weighted by molar-refractivity contribution is 6.41. The van der Waals surface area contributed by atoms with E-state index in [0.717, 1.165) is 12.8 Å². The number of carboxylic acid groups (broad SMARTS) is 1. The number of hydrogen-bond acceptors (Lipinski definition) is 3. The third-order valence-electron chi connectivity index (χ3n) is 2.91. The number of quaternary nitrogens is 1. The maximum Gasteiger partial charge on any atom is 0.185 e. The molecule has 0 saturated carbocycles. The van der Waals surface area contributed by atoms with Crippen molar-refractivity contribution < 1.29 is 9.90 Å². The third-order valence-corrected chi connectivity index (χ3v) is 3.60. The van der Waals surface area contributed by atoms with Crippen LogP contribution >= 0.6 is 23.2 Å². The van der Waals surface area contributed by atoms with Gasteiger partial charge < -0.3 is 9.90 Å². The number of amides is 1. The van der Waals surface area contributed by atoms with Crippen LogP contribution in [0.3, 0.4) is 0 Å². The van der Waals surface area contributed by atoms with E-state index in [1.54, 1.807) is 6.07 Å². The summed E-state index contributed by atoms with van der Waals surface area (Å²) in [7, 11) is 0. The summed E-state index contributed by atoms with van der Waals surface area (Å²) in [6.45, 7) is 1.32. The monoisotopic (exact) mass is 275 g/mol. The molecule has 2 rings (SSSR count). The second-order valence-corrected chi connectivity index (χ2v) is 4.75. The number of carbonyl (C=O) groups is 1. The predicted octanol–water partition coefficient (Wildman–Crippen LogP) is 1.34. The first-order valence-electron chi connectivity index (χ1n) is 5.21. The van der Waals surface area contributed by atoms with Gasteiger partial charge in [0.25, 0.3) is 0 Å². The van der Waals surface area contributed by atoms with Crippen molar-refractivity contribution in [3.8, 4) is 0 Å². The second-order valence-electron chi connectivity index (χ2n) is 3.99. The molecule has 92 valence electrons. The Labute approximate surface area is 109 Å². The van der Waals surface area contributed by atoms with E-state index in [1.807, 2.05) is 0 Å². The molecule has 0 aliphatic carbocycles. The van der Waals surface area contributed by atoms with Crippen LogP contribution in [0.5, 0.6) is 0 Å². The van der Waals surface area contributed by atoms with Gasteiger partial charge in [0.05, 0.1) is 11.2 Å². The van der Waals surface area contributed by atoms with Crippen LogP contribution in [0.4, 0.5) is 10.5 Å². The molecular weight excluding hydrogens is 265 g/mol. The predicted molar refractivity (Wildman–Crippen MR) is 63.6 cm³/mol. The average Bonchev–Trinajstić information content (AvgIpc) is 2.70. The minimum atomic E-state index is -1.31. The fourth-order valence-corrected chi connectivity index (χ4v) is 2.39. The number of halogens is 2. The number of pyridine rings is 1. The number of carbonyl (C=O) groups excluding carboxylic acids is 1. The van der Waals surface area contributed by atoms with E-state index in [0.29, 0.717) is 23.8 Å². The Balaban J connectivity index is 2.38. The van der Waals surface area contributed by atoms with Crippen molar-refractivity contribution in [2.75, 3.05) is 13.1 Å². The lowest BCUT2D eigenvalue weighted by molar-refractivity contribution is -0.255. The van der Waals surface area contributed by atoms with E-state index < -0.39 is 6.09 Å². The van der Waals surface area contributed by atoms with Crippen LogP contribution in [0.2, 0.25) is 10.2 Å². The van der Waals surface area contributed by atoms with Crippen molar-refractivity contribution in [3.63, 3.8) is 0 Å². The largest absolute Gasteiger partial charge is 0.526 e. The normalized spacial score (nSPS) is 18.0. The van der Waals surface area contributed by atoms with Crippen LogP contribution in [0, 0.1) is 0 Å². The summed E-state index contributed by atoms with van der Waals surface area (Å²) in [5, 5.41) is 11.3. The average molecular weight is 276 g/mol. The first kappa shape index (κ1) is 12.4. The lowest BCUT2D eigenvalue weighted by atomic mass is 10.3. The van der Waals surface area contributed by atoms with Crippen molar-refractivity contribution in [2.45, 2.75) is 12.8 Å². The number of hydrogen-bond donors (Lipinski definition) is 1. The van der Waals surface area contributed by atoms with Gasteiger partial charge in [0.15, 0.2) is 11.8 Å². The van der Waals surface area contributed by atoms with Gasteiger partial charge in [-0.1, -0.05) is 23.2 Å². The van der Waals surface area contributed by atoms with Gasteiger partial charge in [-0.2, -0.15) is 4.59 Å². The quantitative estimate of drug-likeness (QED) is 0.654. The molecular formula is C10H11Cl2N3O2. The first-order chi connectivity index (χ1) is 8.03. The molecule has 1 amide bonds. The van der Waals surface area contributed by atoms with Crippen LogP contribution in [-0.2, 0) is 0 Å². The number of aromatic nitrogens is 1. The topological polar surface area (TPSA) is 65.0 Å². The Bertz CT molecular complexity index is 447. The summed E-state index contributed by atoms with van der Waals surface area (Å²) >= 11 is 11.6. The van der Waals surface area contributed by atoms with Crippen LogP contribution in [0.1, 0.15) is 12.8 Å². The zero-order valence-electron chi connectivity index (χ0n) is 8.95. The van der Waals surface area contributed by atoms with Gasteiger partial charge in [-0.3, -0.25) is 0 Å². The molecule has 1 fully saturated rings. The van der Waals surface area contributed by atoms with E-state index in [2.05, 4.69) is 10.4 Å². The fourth-order valence-electron chi connectivity index (χ4n) is 2.13. The summed E-state index contributed by atoms with van der Waals surface area (Å²) in [6, 6.07) is 1.64. The molecule has 1 aromatic heterocycles. The van der Waals surface area contributed by atoms with E-state index >= 15 is 0 Å². The third kappa shape index (κ3) is 2.46. The molecule has 0 aromatic carbocycles. The molecule has 1 aliphatic rings. The lowest BCUT2D eigenvalue weighted by Crippen LogP contribution is -2.63. The second kappa shape index (κ2) is 4.68. The summed E-state index contributed by atoms with van der Waals surface area (Å²) < 4.78 is 0.103. The standard InChI is InChI=1S/C10H11Cl2N3O2/c11-8-5-7(6-13-9(8)12)15(14-10(16)17)3-1-2-4-15/h5-6,14H,1-4H2. The molecule has 5 nitrogen and oxygen atoms in total. The molecule has 0 bridgehead atoms. The summed E-state index contributed by atoms with van der Waals surface area (Å²) in [5.41, 5.74) is 3.10. The minimum absolute atomic E-state index is 0.103. The Kier molecular flexibility index (Phi) is 3.42. The molecule has 0 radical (unpaired) electrons. The Morgan fingerprint density at radius 3 is 2.59 bits per heavy atom. The van der Waals surface area contributed by atoms with E-state index in [1.165, 1.54) is 6.20 Å². The molecule has 0 spiro atoms. The van der Waals surface area contributed by atoms with E-state index in [9.17, 15) is 9.90 Å². The maximum absolute atomic E-state index is 10.8. The molecule has 17 heavy (non-hydrogen) atoms. The highest BCUT2D eigenvalue weighted by Gasteiger charge is 2.36. The van der Waals surface area contributed by atoms with Gasteiger partial charge in [-0.25, -0.2) is 10.4 Å². The van der Waals surface area contributed by atoms with Gasteiger partial charge in [0.1, 0.15) is 18.2 Å². The summed E-state index contributed by atoms with van der Waals surface area (Å²) in [4.78, 5) is 14.7. The van der Waals surface area contributed by atoms with Crippen molar-refractivity contribution in [1.29, 1.82) is 0 Å². The summed E-state index contributed by atoms with van der Waals surface area (Å²) in [5.74, 6) is 0. The Morgan fingerprint density at radius 2 is 2.06 bits per heavy atom. The van der Waals surface area contributed by atoms with Gasteiger partial charge >= 0.3 is 0 Å². The number of nitrogens with zero attached hydrogens (tertiary/aromatic N) is 2. The summed E-state index contributed by atoms with van der Waals surface area (Å²) in [6.07, 6.45) is 2.09. The van der Waals surface area contributed by atoms with Crippen LogP contribution in [-0.4, -0.2) is 24.2 Å². The highest BCUT2D eigenvalue weighted by Crippen LogP contribution is 2.31. The number of nitrogens with one attached hydrogen (secondary N) is 1. The minimum Gasteiger partial charge on any atom is -0.526 e.